The van der Waals surface area contributed by atoms with Crippen LogP contribution in [-0.2, 0) is 6.18 Å². The zero-order valence-electron chi connectivity index (χ0n) is 14.8. The van der Waals surface area contributed by atoms with E-state index in [1.54, 1.807) is 23.9 Å². The van der Waals surface area contributed by atoms with Gasteiger partial charge in [-0.05, 0) is 43.9 Å². The summed E-state index contributed by atoms with van der Waals surface area (Å²) in [6, 6.07) is 3.63. The Morgan fingerprint density at radius 1 is 1.12 bits per heavy atom. The number of halogens is 3. The van der Waals surface area contributed by atoms with Crippen molar-refractivity contribution in [1.29, 1.82) is 0 Å². The zero-order chi connectivity index (χ0) is 19.1. The summed E-state index contributed by atoms with van der Waals surface area (Å²) in [5, 5.41) is 0. The summed E-state index contributed by atoms with van der Waals surface area (Å²) in [6.07, 6.45) is -0.289. The maximum Gasteiger partial charge on any atom is 0.416 e. The highest BCUT2D eigenvalue weighted by Gasteiger charge is 2.44. The van der Waals surface area contributed by atoms with Gasteiger partial charge in [0.05, 0.1) is 16.9 Å². The number of nitrogens with two attached hydrogens (primary N) is 2. The van der Waals surface area contributed by atoms with Crippen molar-refractivity contribution in [2.45, 2.75) is 43.9 Å². The summed E-state index contributed by atoms with van der Waals surface area (Å²) in [5.74, 6) is 0.140. The normalized spacial score (nSPS) is 20.0. The van der Waals surface area contributed by atoms with Gasteiger partial charge in [-0.3, -0.25) is 4.90 Å². The molecule has 0 radical (unpaired) electrons. The lowest BCUT2D eigenvalue weighted by atomic mass is 9.87. The molecular formula is C17H23F3N6. The van der Waals surface area contributed by atoms with Crippen LogP contribution in [0, 0.1) is 0 Å². The number of rotatable bonds is 2. The number of aliphatic imine (C=N–C) groups is 2. The van der Waals surface area contributed by atoms with Crippen molar-refractivity contribution in [3.63, 3.8) is 0 Å². The van der Waals surface area contributed by atoms with Gasteiger partial charge in [0, 0.05) is 14.1 Å². The van der Waals surface area contributed by atoms with E-state index in [0.717, 1.165) is 31.4 Å². The predicted molar refractivity (Wildman–Crippen MR) is 97.3 cm³/mol. The molecule has 6 nitrogen and oxygen atoms in total. The molecule has 1 aromatic rings. The molecule has 4 N–H and O–H groups in total. The minimum Gasteiger partial charge on any atom is -0.376 e. The topological polar surface area (TPSA) is 83.2 Å². The SMILES string of the molecule is CN(C)c1ccc(C(F)(F)F)cc1N1C(N)=NC(N)=NC12CCCCC2. The van der Waals surface area contributed by atoms with Crippen LogP contribution >= 0.6 is 0 Å². The van der Waals surface area contributed by atoms with Crippen molar-refractivity contribution in [3.8, 4) is 0 Å². The first-order chi connectivity index (χ1) is 12.1. The predicted octanol–water partition coefficient (Wildman–Crippen LogP) is 2.88. The van der Waals surface area contributed by atoms with Crippen LogP contribution < -0.4 is 21.3 Å². The van der Waals surface area contributed by atoms with E-state index in [2.05, 4.69) is 9.98 Å². The fourth-order valence-electron chi connectivity index (χ4n) is 3.73. The molecule has 1 heterocycles. The highest BCUT2D eigenvalue weighted by molar-refractivity contribution is 6.07. The zero-order valence-corrected chi connectivity index (χ0v) is 14.8. The first-order valence-corrected chi connectivity index (χ1v) is 8.52. The van der Waals surface area contributed by atoms with E-state index in [1.807, 2.05) is 0 Å². The van der Waals surface area contributed by atoms with E-state index in [0.29, 0.717) is 24.2 Å². The van der Waals surface area contributed by atoms with Gasteiger partial charge in [0.1, 0.15) is 5.66 Å². The van der Waals surface area contributed by atoms with E-state index in [9.17, 15) is 13.2 Å². The Morgan fingerprint density at radius 2 is 1.77 bits per heavy atom. The van der Waals surface area contributed by atoms with E-state index < -0.39 is 17.4 Å². The van der Waals surface area contributed by atoms with Crippen LogP contribution in [0.5, 0.6) is 0 Å². The molecule has 0 atom stereocenters. The highest BCUT2D eigenvalue weighted by atomic mass is 19.4. The quantitative estimate of drug-likeness (QED) is 0.841. The molecule has 0 amide bonds. The molecule has 1 fully saturated rings. The standard InChI is InChI=1S/C17H23F3N6/c1-25(2)12-7-6-11(17(18,19)20)10-13(12)26-15(22)23-14(21)24-16(26)8-4-3-5-9-16/h6-7,10H,3-5,8-9H2,1-2H3,(H4,21,22,23,24). The summed E-state index contributed by atoms with van der Waals surface area (Å²) in [5.41, 5.74) is 11.4. The molecule has 0 saturated heterocycles. The monoisotopic (exact) mass is 368 g/mol. The Kier molecular flexibility index (Phi) is 4.49. The molecule has 1 aromatic carbocycles. The second kappa shape index (κ2) is 6.37. The number of guanidine groups is 2. The van der Waals surface area contributed by atoms with Crippen LogP contribution in [0.3, 0.4) is 0 Å². The van der Waals surface area contributed by atoms with Crippen LogP contribution in [0.25, 0.3) is 0 Å². The minimum atomic E-state index is -4.46. The van der Waals surface area contributed by atoms with Gasteiger partial charge in [-0.25, -0.2) is 4.99 Å². The number of benzene rings is 1. The Bertz CT molecular complexity index is 747. The lowest BCUT2D eigenvalue weighted by Crippen LogP contribution is -2.58. The second-order valence-electron chi connectivity index (χ2n) is 6.91. The molecule has 1 aliphatic heterocycles. The molecule has 0 unspecified atom stereocenters. The van der Waals surface area contributed by atoms with Crippen LogP contribution in [0.1, 0.15) is 37.7 Å². The Hall–Kier alpha value is -2.45. The van der Waals surface area contributed by atoms with Gasteiger partial charge in [0.25, 0.3) is 0 Å². The van der Waals surface area contributed by atoms with E-state index in [1.165, 1.54) is 6.07 Å². The average molecular weight is 368 g/mol. The van der Waals surface area contributed by atoms with Crippen molar-refractivity contribution in [1.82, 2.24) is 0 Å². The molecule has 0 aromatic heterocycles. The summed E-state index contributed by atoms with van der Waals surface area (Å²) >= 11 is 0. The Morgan fingerprint density at radius 3 is 2.35 bits per heavy atom. The number of hydrogen-bond donors (Lipinski definition) is 2. The van der Waals surface area contributed by atoms with Gasteiger partial charge in [-0.1, -0.05) is 6.42 Å². The molecule has 26 heavy (non-hydrogen) atoms. The van der Waals surface area contributed by atoms with Crippen molar-refractivity contribution in [2.24, 2.45) is 21.5 Å². The van der Waals surface area contributed by atoms with Crippen LogP contribution in [0.4, 0.5) is 24.5 Å². The molecule has 2 aliphatic rings. The van der Waals surface area contributed by atoms with E-state index in [-0.39, 0.29) is 11.9 Å². The largest absolute Gasteiger partial charge is 0.416 e. The van der Waals surface area contributed by atoms with E-state index in [4.69, 9.17) is 11.5 Å². The summed E-state index contributed by atoms with van der Waals surface area (Å²) in [6.45, 7) is 0. The van der Waals surface area contributed by atoms with Gasteiger partial charge in [0.15, 0.2) is 0 Å². The maximum atomic E-state index is 13.3. The Labute approximate surface area is 150 Å². The highest BCUT2D eigenvalue weighted by Crippen LogP contribution is 2.44. The molecule has 9 heteroatoms. The van der Waals surface area contributed by atoms with Gasteiger partial charge >= 0.3 is 6.18 Å². The summed E-state index contributed by atoms with van der Waals surface area (Å²) in [4.78, 5) is 11.9. The lowest BCUT2D eigenvalue weighted by Gasteiger charge is -2.46. The van der Waals surface area contributed by atoms with E-state index >= 15 is 0 Å². The van der Waals surface area contributed by atoms with Gasteiger partial charge in [-0.2, -0.15) is 18.2 Å². The van der Waals surface area contributed by atoms with Crippen molar-refractivity contribution in [3.05, 3.63) is 23.8 Å². The lowest BCUT2D eigenvalue weighted by molar-refractivity contribution is -0.137. The third-order valence-electron chi connectivity index (χ3n) is 4.88. The summed E-state index contributed by atoms with van der Waals surface area (Å²) in [7, 11) is 3.54. The smallest absolute Gasteiger partial charge is 0.376 e. The molecule has 0 bridgehead atoms. The van der Waals surface area contributed by atoms with Crippen molar-refractivity contribution < 1.29 is 13.2 Å². The summed E-state index contributed by atoms with van der Waals surface area (Å²) < 4.78 is 40.0. The first-order valence-electron chi connectivity index (χ1n) is 8.52. The Balaban J connectivity index is 2.20. The molecular weight excluding hydrogens is 345 g/mol. The fraction of sp³-hybridized carbons (Fsp3) is 0.529. The fourth-order valence-corrected chi connectivity index (χ4v) is 3.73. The average Bonchev–Trinajstić information content (AvgIpc) is 2.53. The van der Waals surface area contributed by atoms with Crippen LogP contribution in [-0.4, -0.2) is 31.7 Å². The molecule has 1 spiro atoms. The molecule has 3 rings (SSSR count). The number of alkyl halides is 3. The van der Waals surface area contributed by atoms with Crippen molar-refractivity contribution >= 4 is 23.3 Å². The van der Waals surface area contributed by atoms with Gasteiger partial charge < -0.3 is 16.4 Å². The maximum absolute atomic E-state index is 13.3. The van der Waals surface area contributed by atoms with Gasteiger partial charge in [-0.15, -0.1) is 0 Å². The second-order valence-corrected chi connectivity index (χ2v) is 6.91. The van der Waals surface area contributed by atoms with Crippen LogP contribution in [0.2, 0.25) is 0 Å². The number of nitrogens with zero attached hydrogens (tertiary/aromatic N) is 4. The van der Waals surface area contributed by atoms with Crippen molar-refractivity contribution in [2.75, 3.05) is 23.9 Å². The number of anilines is 2. The molecule has 142 valence electrons. The minimum absolute atomic E-state index is 0.0685. The third kappa shape index (κ3) is 3.17. The molecule has 1 aliphatic carbocycles. The number of hydrogen-bond acceptors (Lipinski definition) is 6. The third-order valence-corrected chi connectivity index (χ3v) is 4.88. The first kappa shape index (κ1) is 18.3. The van der Waals surface area contributed by atoms with Crippen LogP contribution in [0.15, 0.2) is 28.2 Å². The van der Waals surface area contributed by atoms with Gasteiger partial charge in [0.2, 0.25) is 11.9 Å². The molecule has 1 saturated carbocycles.